The van der Waals surface area contributed by atoms with E-state index in [4.69, 9.17) is 15.2 Å². The first-order chi connectivity index (χ1) is 21.7. The summed E-state index contributed by atoms with van der Waals surface area (Å²) < 4.78 is 56.2. The monoisotopic (exact) mass is 638 g/mol. The second-order valence-electron chi connectivity index (χ2n) is 11.4. The van der Waals surface area contributed by atoms with Crippen molar-refractivity contribution in [2.24, 2.45) is 5.73 Å². The summed E-state index contributed by atoms with van der Waals surface area (Å²) in [7, 11) is 0. The van der Waals surface area contributed by atoms with Crippen molar-refractivity contribution in [3.63, 3.8) is 0 Å². The summed E-state index contributed by atoms with van der Waals surface area (Å²) in [5, 5.41) is 2.81. The Kier molecular flexibility index (Phi) is 10.3. The molecule has 0 saturated heterocycles. The molecular weight excluding hydrogens is 605 g/mol. The van der Waals surface area contributed by atoms with Crippen LogP contribution in [0.1, 0.15) is 51.3 Å². The second-order valence-corrected chi connectivity index (χ2v) is 11.4. The standard InChI is InChI=1S/C33H33F3N4O6/c1-33(2,3)46-32(44)40-24(18-39-13-7-8-26(31(39)43)38-29(42)10-6-4-5-9-28(37)41)15-21-14-23(35)17-27(30(21)40)45-19-20-11-12-22(34)16-25(20)36/h5,7-9,11-17H,4,6,10,18-19H2,1-3H3,(H2,37,41)(H,38,42)/b9-5+. The third-order valence-corrected chi connectivity index (χ3v) is 6.56. The summed E-state index contributed by atoms with van der Waals surface area (Å²) in [6.45, 7) is 4.39. The zero-order valence-electron chi connectivity index (χ0n) is 25.4. The Balaban J connectivity index is 1.68. The molecule has 10 nitrogen and oxygen atoms in total. The fourth-order valence-corrected chi connectivity index (χ4v) is 4.59. The third-order valence-electron chi connectivity index (χ3n) is 6.56. The minimum atomic E-state index is -0.931. The Hall–Kier alpha value is -5.33. The first-order valence-corrected chi connectivity index (χ1v) is 14.3. The number of carbonyl (C=O) groups excluding carboxylic acids is 3. The molecule has 46 heavy (non-hydrogen) atoms. The SMILES string of the molecule is CC(C)(C)OC(=O)n1c(Cn2cccc(NC(=O)CCC/C=C/C(N)=O)c2=O)cc2cc(F)cc(OCc3ccc(F)cc3F)c21. The van der Waals surface area contributed by atoms with E-state index in [0.29, 0.717) is 18.9 Å². The Bertz CT molecular complexity index is 1870. The van der Waals surface area contributed by atoms with E-state index in [1.165, 1.54) is 41.1 Å². The summed E-state index contributed by atoms with van der Waals surface area (Å²) in [5.41, 5.74) is 3.87. The number of nitrogens with two attached hydrogens (primary N) is 1. The molecule has 0 saturated carbocycles. The van der Waals surface area contributed by atoms with Crippen molar-refractivity contribution in [1.82, 2.24) is 9.13 Å². The van der Waals surface area contributed by atoms with Gasteiger partial charge in [0.25, 0.3) is 5.56 Å². The van der Waals surface area contributed by atoms with E-state index in [-0.39, 0.29) is 46.6 Å². The maximum absolute atomic E-state index is 14.8. The molecule has 0 unspecified atom stereocenters. The van der Waals surface area contributed by atoms with Crippen LogP contribution in [0.15, 0.2) is 71.7 Å². The van der Waals surface area contributed by atoms with Gasteiger partial charge in [-0.15, -0.1) is 0 Å². The second kappa shape index (κ2) is 14.2. The van der Waals surface area contributed by atoms with E-state index < -0.39 is 53.1 Å². The molecule has 0 spiro atoms. The zero-order valence-corrected chi connectivity index (χ0v) is 25.4. The van der Waals surface area contributed by atoms with Crippen LogP contribution in [0.2, 0.25) is 0 Å². The van der Waals surface area contributed by atoms with Crippen LogP contribution in [-0.4, -0.2) is 32.6 Å². The van der Waals surface area contributed by atoms with Gasteiger partial charge in [0, 0.05) is 35.7 Å². The lowest BCUT2D eigenvalue weighted by Crippen LogP contribution is -2.30. The number of fused-ring (bicyclic) bond motifs is 1. The van der Waals surface area contributed by atoms with Gasteiger partial charge < -0.3 is 25.1 Å². The molecule has 242 valence electrons. The highest BCUT2D eigenvalue weighted by Crippen LogP contribution is 2.32. The number of allylic oxidation sites excluding steroid dienone is 1. The fourth-order valence-electron chi connectivity index (χ4n) is 4.59. The van der Waals surface area contributed by atoms with Crippen LogP contribution < -0.4 is 21.3 Å². The number of halogens is 3. The highest BCUT2D eigenvalue weighted by molar-refractivity contribution is 5.95. The minimum Gasteiger partial charge on any atom is -0.486 e. The smallest absolute Gasteiger partial charge is 0.419 e. The number of aromatic nitrogens is 2. The molecule has 3 N–H and O–H groups in total. The van der Waals surface area contributed by atoms with Crippen LogP contribution >= 0.6 is 0 Å². The molecule has 0 aliphatic rings. The van der Waals surface area contributed by atoms with E-state index in [9.17, 15) is 32.3 Å². The number of primary amides is 1. The zero-order chi connectivity index (χ0) is 33.6. The average molecular weight is 639 g/mol. The summed E-state index contributed by atoms with van der Waals surface area (Å²) in [6, 6.07) is 9.61. The van der Waals surface area contributed by atoms with E-state index in [2.05, 4.69) is 5.32 Å². The number of amides is 2. The van der Waals surface area contributed by atoms with Gasteiger partial charge in [-0.3, -0.25) is 14.4 Å². The van der Waals surface area contributed by atoms with Gasteiger partial charge in [-0.25, -0.2) is 22.5 Å². The predicted molar refractivity (Wildman–Crippen MR) is 165 cm³/mol. The number of carbonyl (C=O) groups is 3. The number of nitrogens with zero attached hydrogens (tertiary/aromatic N) is 2. The number of anilines is 1. The maximum atomic E-state index is 14.8. The molecule has 0 aliphatic heterocycles. The van der Waals surface area contributed by atoms with Crippen LogP contribution in [0.25, 0.3) is 10.9 Å². The predicted octanol–water partition coefficient (Wildman–Crippen LogP) is 5.78. The number of pyridine rings is 1. The molecule has 2 heterocycles. The number of hydrogen-bond acceptors (Lipinski definition) is 6. The first kappa shape index (κ1) is 33.6. The summed E-state index contributed by atoms with van der Waals surface area (Å²) in [4.78, 5) is 50.1. The Morgan fingerprint density at radius 2 is 1.78 bits per heavy atom. The van der Waals surface area contributed by atoms with Crippen molar-refractivity contribution in [2.75, 3.05) is 5.32 Å². The number of ether oxygens (including phenoxy) is 2. The normalized spacial score (nSPS) is 11.6. The van der Waals surface area contributed by atoms with Crippen molar-refractivity contribution < 1.29 is 37.0 Å². The van der Waals surface area contributed by atoms with E-state index >= 15 is 0 Å². The molecule has 2 amide bonds. The Labute approximate surface area is 262 Å². The molecule has 0 bridgehead atoms. The van der Waals surface area contributed by atoms with Crippen LogP contribution in [0.3, 0.4) is 0 Å². The fraction of sp³-hybridized carbons (Fsp3) is 0.273. The molecule has 0 aliphatic carbocycles. The largest absolute Gasteiger partial charge is 0.486 e. The van der Waals surface area contributed by atoms with Gasteiger partial charge in [0.2, 0.25) is 11.8 Å². The van der Waals surface area contributed by atoms with Crippen molar-refractivity contribution in [2.45, 2.75) is 58.8 Å². The highest BCUT2D eigenvalue weighted by atomic mass is 19.1. The van der Waals surface area contributed by atoms with Crippen LogP contribution in [0, 0.1) is 17.5 Å². The van der Waals surface area contributed by atoms with E-state index in [1.54, 1.807) is 32.9 Å². The highest BCUT2D eigenvalue weighted by Gasteiger charge is 2.25. The number of hydrogen-bond donors (Lipinski definition) is 2. The van der Waals surface area contributed by atoms with Crippen LogP contribution in [-0.2, 0) is 27.5 Å². The molecular formula is C33H33F3N4O6. The minimum absolute atomic E-state index is 0.00180. The molecule has 2 aromatic carbocycles. The molecule has 13 heteroatoms. The van der Waals surface area contributed by atoms with Gasteiger partial charge in [0.05, 0.1) is 12.2 Å². The first-order valence-electron chi connectivity index (χ1n) is 14.3. The van der Waals surface area contributed by atoms with E-state index in [0.717, 1.165) is 16.7 Å². The molecule has 0 atom stereocenters. The lowest BCUT2D eigenvalue weighted by Gasteiger charge is -2.21. The topological polar surface area (TPSA) is 135 Å². The van der Waals surface area contributed by atoms with Gasteiger partial charge in [-0.05, 0) is 76.1 Å². The number of rotatable bonds is 11. The molecule has 4 aromatic rings. The number of benzene rings is 2. The average Bonchev–Trinajstić information content (AvgIpc) is 3.31. The maximum Gasteiger partial charge on any atom is 0.419 e. The van der Waals surface area contributed by atoms with Gasteiger partial charge >= 0.3 is 6.09 Å². The number of unbranched alkanes of at least 4 members (excludes halogenated alkanes) is 1. The molecule has 0 radical (unpaired) electrons. The molecule has 4 rings (SSSR count). The van der Waals surface area contributed by atoms with Gasteiger partial charge in [0.15, 0.2) is 0 Å². The van der Waals surface area contributed by atoms with Gasteiger partial charge in [0.1, 0.15) is 46.6 Å². The van der Waals surface area contributed by atoms with Crippen molar-refractivity contribution in [1.29, 1.82) is 0 Å². The summed E-state index contributed by atoms with van der Waals surface area (Å²) in [5.74, 6) is -3.46. The van der Waals surface area contributed by atoms with E-state index in [1.807, 2.05) is 0 Å². The quantitative estimate of drug-likeness (QED) is 0.158. The third kappa shape index (κ3) is 8.65. The Morgan fingerprint density at radius 3 is 2.48 bits per heavy atom. The van der Waals surface area contributed by atoms with Crippen molar-refractivity contribution >= 4 is 34.5 Å². The summed E-state index contributed by atoms with van der Waals surface area (Å²) in [6.07, 6.45) is 4.32. The Morgan fingerprint density at radius 1 is 1.02 bits per heavy atom. The summed E-state index contributed by atoms with van der Waals surface area (Å²) >= 11 is 0. The van der Waals surface area contributed by atoms with Crippen LogP contribution in [0.4, 0.5) is 23.7 Å². The van der Waals surface area contributed by atoms with Crippen LogP contribution in [0.5, 0.6) is 5.75 Å². The lowest BCUT2D eigenvalue weighted by atomic mass is 10.2. The molecule has 2 aromatic heterocycles. The lowest BCUT2D eigenvalue weighted by molar-refractivity contribution is -0.116. The molecule has 0 fully saturated rings. The van der Waals surface area contributed by atoms with Gasteiger partial charge in [-0.2, -0.15) is 0 Å². The number of nitrogens with one attached hydrogen (secondary N) is 1. The van der Waals surface area contributed by atoms with Crippen molar-refractivity contribution in [3.8, 4) is 5.75 Å². The van der Waals surface area contributed by atoms with Gasteiger partial charge in [-0.1, -0.05) is 6.08 Å². The van der Waals surface area contributed by atoms with Crippen molar-refractivity contribution in [3.05, 3.63) is 106 Å².